The second-order valence-corrected chi connectivity index (χ2v) is 7.88. The summed E-state index contributed by atoms with van der Waals surface area (Å²) in [4.78, 5) is 10.7. The third kappa shape index (κ3) is 2.30. The van der Waals surface area contributed by atoms with Crippen molar-refractivity contribution in [3.05, 3.63) is 39.9 Å². The summed E-state index contributed by atoms with van der Waals surface area (Å²) in [6.45, 7) is 2.17. The van der Waals surface area contributed by atoms with Gasteiger partial charge in [-0.3, -0.25) is 0 Å². The first kappa shape index (κ1) is 14.6. The van der Waals surface area contributed by atoms with E-state index in [1.165, 1.54) is 4.88 Å². The summed E-state index contributed by atoms with van der Waals surface area (Å²) < 4.78 is 14.4. The predicted octanol–water partition coefficient (Wildman–Crippen LogP) is 3.94. The Balaban J connectivity index is 1.62. The van der Waals surface area contributed by atoms with E-state index in [2.05, 4.69) is 31.5 Å². The van der Waals surface area contributed by atoms with Crippen LogP contribution >= 0.6 is 27.3 Å². The molecule has 0 unspecified atom stereocenters. The second kappa shape index (κ2) is 5.68. The number of ether oxygens (including phenoxy) is 2. The SMILES string of the molecule is Brc1ccc2c(c1)OCCc1sc(-c3nccn3C3COC3)nc1-2. The molecule has 5 nitrogen and oxygen atoms in total. The van der Waals surface area contributed by atoms with E-state index >= 15 is 0 Å². The molecule has 3 aromatic rings. The zero-order valence-corrected chi connectivity index (χ0v) is 15.1. The number of benzene rings is 1. The topological polar surface area (TPSA) is 49.2 Å². The Kier molecular flexibility index (Phi) is 3.46. The zero-order valence-electron chi connectivity index (χ0n) is 12.7. The number of imidazole rings is 1. The molecule has 0 atom stereocenters. The summed E-state index contributed by atoms with van der Waals surface area (Å²) >= 11 is 5.22. The molecule has 2 aliphatic heterocycles. The fourth-order valence-corrected chi connectivity index (χ4v) is 4.45. The predicted molar refractivity (Wildman–Crippen MR) is 95.5 cm³/mol. The monoisotopic (exact) mass is 403 g/mol. The van der Waals surface area contributed by atoms with Crippen molar-refractivity contribution in [1.29, 1.82) is 0 Å². The van der Waals surface area contributed by atoms with Crippen LogP contribution in [0.15, 0.2) is 35.1 Å². The average Bonchev–Trinajstić information content (AvgIpc) is 3.10. The number of hydrogen-bond acceptors (Lipinski definition) is 5. The van der Waals surface area contributed by atoms with Gasteiger partial charge in [-0.15, -0.1) is 11.3 Å². The first-order valence-corrected chi connectivity index (χ1v) is 9.44. The van der Waals surface area contributed by atoms with Gasteiger partial charge in [0, 0.05) is 33.7 Å². The van der Waals surface area contributed by atoms with Crippen LogP contribution in [0.4, 0.5) is 0 Å². The van der Waals surface area contributed by atoms with Gasteiger partial charge in [0.25, 0.3) is 0 Å². The van der Waals surface area contributed by atoms with Gasteiger partial charge in [0.1, 0.15) is 5.75 Å². The van der Waals surface area contributed by atoms with Gasteiger partial charge in [0.2, 0.25) is 0 Å². The van der Waals surface area contributed by atoms with Crippen molar-refractivity contribution in [3.8, 4) is 27.8 Å². The minimum absolute atomic E-state index is 0.373. The van der Waals surface area contributed by atoms with Gasteiger partial charge in [-0.05, 0) is 18.2 Å². The third-order valence-corrected chi connectivity index (χ3v) is 5.96. The highest BCUT2D eigenvalue weighted by Crippen LogP contribution is 2.41. The van der Waals surface area contributed by atoms with Crippen LogP contribution in [0.2, 0.25) is 0 Å². The van der Waals surface area contributed by atoms with Gasteiger partial charge in [0.15, 0.2) is 10.8 Å². The van der Waals surface area contributed by atoms with E-state index in [4.69, 9.17) is 14.5 Å². The highest BCUT2D eigenvalue weighted by molar-refractivity contribution is 9.10. The molecule has 1 aromatic carbocycles. The summed E-state index contributed by atoms with van der Waals surface area (Å²) in [5.74, 6) is 1.82. The minimum atomic E-state index is 0.373. The summed E-state index contributed by atoms with van der Waals surface area (Å²) in [7, 11) is 0. The van der Waals surface area contributed by atoms with Crippen molar-refractivity contribution >= 4 is 27.3 Å². The van der Waals surface area contributed by atoms with E-state index in [1.807, 2.05) is 24.5 Å². The molecule has 0 bridgehead atoms. The Morgan fingerprint density at radius 3 is 3.04 bits per heavy atom. The molecule has 7 heteroatoms. The number of rotatable bonds is 2. The lowest BCUT2D eigenvalue weighted by atomic mass is 10.1. The molecule has 5 rings (SSSR count). The summed E-state index contributed by atoms with van der Waals surface area (Å²) in [5, 5.41) is 0.965. The maximum Gasteiger partial charge on any atom is 0.169 e. The smallest absolute Gasteiger partial charge is 0.169 e. The summed E-state index contributed by atoms with van der Waals surface area (Å²) in [5.41, 5.74) is 2.08. The van der Waals surface area contributed by atoms with Crippen molar-refractivity contribution < 1.29 is 9.47 Å². The zero-order chi connectivity index (χ0) is 16.1. The van der Waals surface area contributed by atoms with Crippen LogP contribution in [0, 0.1) is 0 Å². The molecule has 24 heavy (non-hydrogen) atoms. The molecule has 0 spiro atoms. The van der Waals surface area contributed by atoms with E-state index in [9.17, 15) is 0 Å². The molecular formula is C17H14BrN3O2S. The van der Waals surface area contributed by atoms with Crippen LogP contribution in [-0.4, -0.2) is 34.4 Å². The first-order chi connectivity index (χ1) is 11.8. The van der Waals surface area contributed by atoms with Crippen molar-refractivity contribution in [3.63, 3.8) is 0 Å². The van der Waals surface area contributed by atoms with Crippen LogP contribution in [-0.2, 0) is 11.2 Å². The molecule has 0 N–H and O–H groups in total. The number of aromatic nitrogens is 3. The average molecular weight is 404 g/mol. The van der Waals surface area contributed by atoms with Gasteiger partial charge < -0.3 is 14.0 Å². The molecule has 0 radical (unpaired) electrons. The molecule has 2 aromatic heterocycles. The molecular weight excluding hydrogens is 390 g/mol. The number of thiazole rings is 1. The normalized spacial score (nSPS) is 16.7. The third-order valence-electron chi connectivity index (χ3n) is 4.36. The lowest BCUT2D eigenvalue weighted by molar-refractivity contribution is -0.0226. The standard InChI is InChI=1S/C17H14BrN3O2S/c18-10-1-2-12-13(7-10)23-6-3-14-15(12)20-17(24-14)16-19-4-5-21(16)11-8-22-9-11/h1-2,4-5,7,11H,3,6,8-9H2. The van der Waals surface area contributed by atoms with Gasteiger partial charge in [0.05, 0.1) is 31.6 Å². The van der Waals surface area contributed by atoms with Crippen molar-refractivity contribution in [2.45, 2.75) is 12.5 Å². The van der Waals surface area contributed by atoms with E-state index in [0.29, 0.717) is 12.6 Å². The number of halogens is 1. The Morgan fingerprint density at radius 1 is 1.29 bits per heavy atom. The quantitative estimate of drug-likeness (QED) is 0.649. The second-order valence-electron chi connectivity index (χ2n) is 5.88. The first-order valence-electron chi connectivity index (χ1n) is 7.83. The Bertz CT molecular complexity index is 916. The van der Waals surface area contributed by atoms with E-state index in [0.717, 1.165) is 51.9 Å². The van der Waals surface area contributed by atoms with Gasteiger partial charge in [-0.2, -0.15) is 0 Å². The highest BCUT2D eigenvalue weighted by Gasteiger charge is 2.26. The van der Waals surface area contributed by atoms with Gasteiger partial charge in [-0.1, -0.05) is 15.9 Å². The Morgan fingerprint density at radius 2 is 2.21 bits per heavy atom. The molecule has 122 valence electrons. The largest absolute Gasteiger partial charge is 0.492 e. The van der Waals surface area contributed by atoms with Gasteiger partial charge in [-0.25, -0.2) is 9.97 Å². The summed E-state index contributed by atoms with van der Waals surface area (Å²) in [6, 6.07) is 6.48. The van der Waals surface area contributed by atoms with Crippen molar-refractivity contribution in [2.24, 2.45) is 0 Å². The van der Waals surface area contributed by atoms with Crippen molar-refractivity contribution in [1.82, 2.24) is 14.5 Å². The fourth-order valence-electron chi connectivity index (χ4n) is 3.05. The minimum Gasteiger partial charge on any atom is -0.492 e. The maximum absolute atomic E-state index is 5.89. The lowest BCUT2D eigenvalue weighted by Crippen LogP contribution is -2.30. The van der Waals surface area contributed by atoms with Crippen LogP contribution in [0.25, 0.3) is 22.1 Å². The van der Waals surface area contributed by atoms with Crippen molar-refractivity contribution in [2.75, 3.05) is 19.8 Å². The maximum atomic E-state index is 5.89. The van der Waals surface area contributed by atoms with E-state index in [1.54, 1.807) is 11.3 Å². The van der Waals surface area contributed by atoms with E-state index < -0.39 is 0 Å². The number of nitrogens with zero attached hydrogens (tertiary/aromatic N) is 3. The molecule has 1 saturated heterocycles. The number of hydrogen-bond donors (Lipinski definition) is 0. The van der Waals surface area contributed by atoms with Crippen LogP contribution in [0.1, 0.15) is 10.9 Å². The Hall–Kier alpha value is -1.70. The van der Waals surface area contributed by atoms with Crippen LogP contribution in [0.5, 0.6) is 5.75 Å². The fraction of sp³-hybridized carbons (Fsp3) is 0.294. The molecule has 0 aliphatic carbocycles. The lowest BCUT2D eigenvalue weighted by Gasteiger charge is -2.28. The van der Waals surface area contributed by atoms with Crippen LogP contribution in [0.3, 0.4) is 0 Å². The molecule has 2 aliphatic rings. The summed E-state index contributed by atoms with van der Waals surface area (Å²) in [6.07, 6.45) is 4.73. The number of fused-ring (bicyclic) bond motifs is 3. The molecule has 4 heterocycles. The molecule has 1 fully saturated rings. The van der Waals surface area contributed by atoms with Gasteiger partial charge >= 0.3 is 0 Å². The molecule has 0 saturated carbocycles. The van der Waals surface area contributed by atoms with E-state index in [-0.39, 0.29) is 0 Å². The highest BCUT2D eigenvalue weighted by atomic mass is 79.9. The molecule has 0 amide bonds. The van der Waals surface area contributed by atoms with Crippen LogP contribution < -0.4 is 4.74 Å². The Labute approximate surface area is 151 Å².